The molecule has 0 aliphatic carbocycles. The highest BCUT2D eigenvalue weighted by molar-refractivity contribution is 6.32. The largest absolute Gasteiger partial charge is 0.467 e. The molecule has 0 saturated carbocycles. The maximum absolute atomic E-state index is 11.0. The molecular formula is C9H11ClN4O2. The minimum absolute atomic E-state index is 0.00426. The summed E-state index contributed by atoms with van der Waals surface area (Å²) >= 11 is 5.92. The van der Waals surface area contributed by atoms with Crippen LogP contribution in [-0.4, -0.2) is 35.6 Å². The molecule has 6 nitrogen and oxygen atoms in total. The van der Waals surface area contributed by atoms with Crippen LogP contribution in [0.15, 0.2) is 6.20 Å². The molecule has 1 atom stereocenters. The Labute approximate surface area is 97.4 Å². The fourth-order valence-electron chi connectivity index (χ4n) is 1.45. The molecule has 1 amide bonds. The third-order valence-electron chi connectivity index (χ3n) is 2.22. The van der Waals surface area contributed by atoms with Crippen molar-refractivity contribution in [3.63, 3.8) is 0 Å². The Bertz CT molecular complexity index is 412. The van der Waals surface area contributed by atoms with Crippen molar-refractivity contribution in [2.75, 3.05) is 19.0 Å². The van der Waals surface area contributed by atoms with Gasteiger partial charge < -0.3 is 15.4 Å². The summed E-state index contributed by atoms with van der Waals surface area (Å²) in [5, 5.41) is 6.19. The number of nitrogens with one attached hydrogen (secondary N) is 2. The van der Waals surface area contributed by atoms with Crippen LogP contribution in [0.4, 0.5) is 5.82 Å². The Morgan fingerprint density at radius 2 is 2.50 bits per heavy atom. The first-order valence-corrected chi connectivity index (χ1v) is 5.16. The van der Waals surface area contributed by atoms with Gasteiger partial charge in [-0.15, -0.1) is 0 Å². The minimum Gasteiger partial charge on any atom is -0.467 e. The van der Waals surface area contributed by atoms with Gasteiger partial charge in [0.25, 0.3) is 0 Å². The number of amides is 1. The van der Waals surface area contributed by atoms with Crippen LogP contribution in [0.3, 0.4) is 0 Å². The number of nitrogens with zero attached hydrogens (tertiary/aromatic N) is 2. The average Bonchev–Trinajstić information content (AvgIpc) is 2.67. The lowest BCUT2D eigenvalue weighted by atomic mass is 10.2. The Kier molecular flexibility index (Phi) is 3.09. The lowest BCUT2D eigenvalue weighted by Crippen LogP contribution is -2.23. The number of halogens is 1. The second kappa shape index (κ2) is 4.52. The molecule has 1 aliphatic rings. The molecule has 86 valence electrons. The zero-order valence-corrected chi connectivity index (χ0v) is 9.41. The van der Waals surface area contributed by atoms with E-state index in [1.54, 1.807) is 0 Å². The standard InChI is InChI=1S/C9H11ClN4O2/c1-16-9-12-4-6(10)8(14-9)13-5-2-7(15)11-3-5/h4-5H,2-3H2,1H3,(H,11,15)(H,12,13,14). The van der Waals surface area contributed by atoms with E-state index in [2.05, 4.69) is 20.6 Å². The first-order chi connectivity index (χ1) is 7.69. The number of aromatic nitrogens is 2. The van der Waals surface area contributed by atoms with E-state index < -0.39 is 0 Å². The van der Waals surface area contributed by atoms with E-state index in [0.717, 1.165) is 0 Å². The Morgan fingerprint density at radius 3 is 3.12 bits per heavy atom. The Hall–Kier alpha value is -1.56. The quantitative estimate of drug-likeness (QED) is 0.804. The number of carbonyl (C=O) groups is 1. The summed E-state index contributed by atoms with van der Waals surface area (Å²) in [7, 11) is 1.48. The van der Waals surface area contributed by atoms with Crippen LogP contribution < -0.4 is 15.4 Å². The third kappa shape index (κ3) is 2.33. The summed E-state index contributed by atoms with van der Waals surface area (Å²) in [5.41, 5.74) is 0. The number of carbonyl (C=O) groups excluding carboxylic acids is 1. The first kappa shape index (κ1) is 10.9. The van der Waals surface area contributed by atoms with Crippen LogP contribution in [0.2, 0.25) is 5.02 Å². The summed E-state index contributed by atoms with van der Waals surface area (Å²) in [5.74, 6) is 0.504. The monoisotopic (exact) mass is 242 g/mol. The molecule has 0 aromatic carbocycles. The number of anilines is 1. The second-order valence-electron chi connectivity index (χ2n) is 3.40. The molecule has 2 heterocycles. The van der Waals surface area contributed by atoms with Gasteiger partial charge in [0.1, 0.15) is 5.02 Å². The first-order valence-electron chi connectivity index (χ1n) is 4.79. The lowest BCUT2D eigenvalue weighted by Gasteiger charge is -2.12. The van der Waals surface area contributed by atoms with Gasteiger partial charge in [0, 0.05) is 13.0 Å². The van der Waals surface area contributed by atoms with Gasteiger partial charge in [0.15, 0.2) is 5.82 Å². The summed E-state index contributed by atoms with van der Waals surface area (Å²) in [4.78, 5) is 18.9. The summed E-state index contributed by atoms with van der Waals surface area (Å²) < 4.78 is 4.89. The van der Waals surface area contributed by atoms with Crippen LogP contribution in [0.25, 0.3) is 0 Å². The van der Waals surface area contributed by atoms with Gasteiger partial charge >= 0.3 is 6.01 Å². The number of hydrogen-bond acceptors (Lipinski definition) is 5. The van der Waals surface area contributed by atoms with Crippen LogP contribution in [-0.2, 0) is 4.79 Å². The SMILES string of the molecule is COc1ncc(Cl)c(NC2CNC(=O)C2)n1. The van der Waals surface area contributed by atoms with E-state index in [1.165, 1.54) is 13.3 Å². The molecule has 0 bridgehead atoms. The molecule has 1 unspecified atom stereocenters. The number of rotatable bonds is 3. The summed E-state index contributed by atoms with van der Waals surface area (Å²) in [6, 6.07) is 0.244. The van der Waals surface area contributed by atoms with Crippen LogP contribution in [0, 0.1) is 0 Å². The highest BCUT2D eigenvalue weighted by Gasteiger charge is 2.22. The molecule has 0 radical (unpaired) electrons. The highest BCUT2D eigenvalue weighted by atomic mass is 35.5. The van der Waals surface area contributed by atoms with Crippen LogP contribution in [0.1, 0.15) is 6.42 Å². The van der Waals surface area contributed by atoms with Gasteiger partial charge in [-0.05, 0) is 0 Å². The van der Waals surface area contributed by atoms with Crippen LogP contribution >= 0.6 is 11.6 Å². The third-order valence-corrected chi connectivity index (χ3v) is 2.50. The molecule has 2 N–H and O–H groups in total. The molecule has 1 saturated heterocycles. The van der Waals surface area contributed by atoms with Crippen molar-refractivity contribution < 1.29 is 9.53 Å². The maximum atomic E-state index is 11.0. The van der Waals surface area contributed by atoms with Crippen molar-refractivity contribution in [1.82, 2.24) is 15.3 Å². The van der Waals surface area contributed by atoms with Gasteiger partial charge in [-0.3, -0.25) is 4.79 Å². The van der Waals surface area contributed by atoms with Crippen molar-refractivity contribution >= 4 is 23.3 Å². The Balaban J connectivity index is 2.11. The van der Waals surface area contributed by atoms with Gasteiger partial charge in [0.2, 0.25) is 5.91 Å². The maximum Gasteiger partial charge on any atom is 0.318 e. The fourth-order valence-corrected chi connectivity index (χ4v) is 1.60. The van der Waals surface area contributed by atoms with E-state index in [9.17, 15) is 4.79 Å². The average molecular weight is 243 g/mol. The summed E-state index contributed by atoms with van der Waals surface area (Å²) in [6.45, 7) is 0.571. The zero-order valence-electron chi connectivity index (χ0n) is 8.66. The molecule has 1 aliphatic heterocycles. The molecule has 1 fully saturated rings. The molecule has 2 rings (SSSR count). The van der Waals surface area contributed by atoms with Crippen molar-refractivity contribution in [1.29, 1.82) is 0 Å². The number of ether oxygens (including phenoxy) is 1. The highest BCUT2D eigenvalue weighted by Crippen LogP contribution is 2.21. The van der Waals surface area contributed by atoms with E-state index in [4.69, 9.17) is 16.3 Å². The predicted octanol–water partition coefficient (Wildman–Crippen LogP) is 0.439. The summed E-state index contributed by atoms with van der Waals surface area (Å²) in [6.07, 6.45) is 1.88. The van der Waals surface area contributed by atoms with E-state index in [0.29, 0.717) is 23.8 Å². The second-order valence-corrected chi connectivity index (χ2v) is 3.81. The van der Waals surface area contributed by atoms with Crippen molar-refractivity contribution in [3.05, 3.63) is 11.2 Å². The molecule has 16 heavy (non-hydrogen) atoms. The molecule has 1 aromatic heterocycles. The van der Waals surface area contributed by atoms with E-state index in [1.807, 2.05) is 0 Å². The lowest BCUT2D eigenvalue weighted by molar-refractivity contribution is -0.119. The minimum atomic E-state index is 0.00426. The molecule has 1 aromatic rings. The van der Waals surface area contributed by atoms with Gasteiger partial charge in [0.05, 0.1) is 19.3 Å². The number of methoxy groups -OCH3 is 1. The van der Waals surface area contributed by atoms with Crippen molar-refractivity contribution in [3.8, 4) is 6.01 Å². The molecule has 7 heteroatoms. The van der Waals surface area contributed by atoms with Crippen molar-refractivity contribution in [2.45, 2.75) is 12.5 Å². The normalized spacial score (nSPS) is 19.4. The zero-order chi connectivity index (χ0) is 11.5. The fraction of sp³-hybridized carbons (Fsp3) is 0.444. The Morgan fingerprint density at radius 1 is 1.69 bits per heavy atom. The van der Waals surface area contributed by atoms with Gasteiger partial charge in [-0.25, -0.2) is 4.98 Å². The smallest absolute Gasteiger partial charge is 0.318 e. The number of hydrogen-bond donors (Lipinski definition) is 2. The molecular weight excluding hydrogens is 232 g/mol. The van der Waals surface area contributed by atoms with E-state index >= 15 is 0 Å². The topological polar surface area (TPSA) is 76.1 Å². The van der Waals surface area contributed by atoms with E-state index in [-0.39, 0.29) is 18.0 Å². The van der Waals surface area contributed by atoms with Crippen molar-refractivity contribution in [2.24, 2.45) is 0 Å². The molecule has 0 spiro atoms. The van der Waals surface area contributed by atoms with Gasteiger partial charge in [-0.2, -0.15) is 4.98 Å². The predicted molar refractivity (Wildman–Crippen MR) is 58.6 cm³/mol. The van der Waals surface area contributed by atoms with Gasteiger partial charge in [-0.1, -0.05) is 11.6 Å². The van der Waals surface area contributed by atoms with Crippen LogP contribution in [0.5, 0.6) is 6.01 Å².